The Morgan fingerprint density at radius 2 is 1.95 bits per heavy atom. The number of rotatable bonds is 6. The number of nitrogens with one attached hydrogen (secondary N) is 2. The topological polar surface area (TPSA) is 54.0 Å². The number of pyridine rings is 1. The maximum absolute atomic E-state index is 12.7. The molecule has 0 aliphatic carbocycles. The Kier molecular flexibility index (Phi) is 5.59. The van der Waals surface area contributed by atoms with Gasteiger partial charge in [0.15, 0.2) is 0 Å². The quantitative estimate of drug-likeness (QED) is 0.845. The SMILES string of the molecule is CCS(=O)CCNc1cc(C(F)(F)F)cc(NC)n1. The van der Waals surface area contributed by atoms with Crippen molar-refractivity contribution in [3.8, 4) is 0 Å². The van der Waals surface area contributed by atoms with Gasteiger partial charge >= 0.3 is 6.18 Å². The number of aromatic nitrogens is 1. The largest absolute Gasteiger partial charge is 0.416 e. The van der Waals surface area contributed by atoms with Crippen molar-refractivity contribution in [2.24, 2.45) is 0 Å². The highest BCUT2D eigenvalue weighted by molar-refractivity contribution is 7.84. The maximum atomic E-state index is 12.7. The smallest absolute Gasteiger partial charge is 0.373 e. The average molecular weight is 295 g/mol. The fourth-order valence-electron chi connectivity index (χ4n) is 1.35. The van der Waals surface area contributed by atoms with E-state index in [4.69, 9.17) is 0 Å². The lowest BCUT2D eigenvalue weighted by molar-refractivity contribution is -0.137. The summed E-state index contributed by atoms with van der Waals surface area (Å²) in [5.74, 6) is 1.16. The van der Waals surface area contributed by atoms with Crippen molar-refractivity contribution in [3.05, 3.63) is 17.7 Å². The zero-order chi connectivity index (χ0) is 14.5. The maximum Gasteiger partial charge on any atom is 0.416 e. The lowest BCUT2D eigenvalue weighted by atomic mass is 10.2. The van der Waals surface area contributed by atoms with Crippen molar-refractivity contribution in [3.63, 3.8) is 0 Å². The van der Waals surface area contributed by atoms with Crippen LogP contribution >= 0.6 is 0 Å². The molecular formula is C11H16F3N3OS. The Morgan fingerprint density at radius 3 is 2.47 bits per heavy atom. The molecule has 0 fully saturated rings. The molecule has 0 radical (unpaired) electrons. The second-order valence-corrected chi connectivity index (χ2v) is 5.60. The van der Waals surface area contributed by atoms with Crippen LogP contribution in [0.25, 0.3) is 0 Å². The van der Waals surface area contributed by atoms with E-state index < -0.39 is 22.5 Å². The first kappa shape index (κ1) is 15.7. The van der Waals surface area contributed by atoms with E-state index in [0.29, 0.717) is 18.1 Å². The molecule has 4 nitrogen and oxygen atoms in total. The summed E-state index contributed by atoms with van der Waals surface area (Å²) in [5, 5.41) is 5.33. The van der Waals surface area contributed by atoms with Crippen molar-refractivity contribution in [1.82, 2.24) is 4.98 Å². The molecule has 0 aromatic carbocycles. The monoisotopic (exact) mass is 295 g/mol. The van der Waals surface area contributed by atoms with E-state index in [9.17, 15) is 17.4 Å². The zero-order valence-corrected chi connectivity index (χ0v) is 11.5. The van der Waals surface area contributed by atoms with Gasteiger partial charge < -0.3 is 10.6 Å². The van der Waals surface area contributed by atoms with Crippen molar-refractivity contribution in [2.45, 2.75) is 13.1 Å². The third-order valence-electron chi connectivity index (χ3n) is 2.37. The highest BCUT2D eigenvalue weighted by atomic mass is 32.2. The first-order valence-corrected chi connectivity index (χ1v) is 7.21. The highest BCUT2D eigenvalue weighted by Gasteiger charge is 2.31. The number of nitrogens with zero attached hydrogens (tertiary/aromatic N) is 1. The first-order chi connectivity index (χ1) is 8.86. The van der Waals surface area contributed by atoms with Gasteiger partial charge in [0.2, 0.25) is 0 Å². The van der Waals surface area contributed by atoms with Gasteiger partial charge in [-0.05, 0) is 12.1 Å². The van der Waals surface area contributed by atoms with Crippen molar-refractivity contribution in [2.75, 3.05) is 35.7 Å². The zero-order valence-electron chi connectivity index (χ0n) is 10.7. The molecule has 0 saturated carbocycles. The lowest BCUT2D eigenvalue weighted by Crippen LogP contribution is -2.14. The van der Waals surface area contributed by atoms with Gasteiger partial charge in [0.05, 0.1) is 5.56 Å². The second-order valence-electron chi connectivity index (χ2n) is 3.73. The molecule has 2 N–H and O–H groups in total. The van der Waals surface area contributed by atoms with E-state index >= 15 is 0 Å². The third kappa shape index (κ3) is 5.06. The summed E-state index contributed by atoms with van der Waals surface area (Å²) in [4.78, 5) is 3.97. The summed E-state index contributed by atoms with van der Waals surface area (Å²) < 4.78 is 49.2. The molecular weight excluding hydrogens is 279 g/mol. The predicted octanol–water partition coefficient (Wildman–Crippen LogP) is 2.32. The van der Waals surface area contributed by atoms with Gasteiger partial charge in [0, 0.05) is 35.9 Å². The van der Waals surface area contributed by atoms with E-state index in [1.807, 2.05) is 0 Å². The van der Waals surface area contributed by atoms with Gasteiger partial charge in [0.25, 0.3) is 0 Å². The van der Waals surface area contributed by atoms with Gasteiger partial charge in [-0.2, -0.15) is 13.2 Å². The number of alkyl halides is 3. The fourth-order valence-corrected chi connectivity index (χ4v) is 1.97. The van der Waals surface area contributed by atoms with Crippen LogP contribution in [-0.4, -0.2) is 34.3 Å². The van der Waals surface area contributed by atoms with Gasteiger partial charge in [-0.1, -0.05) is 6.92 Å². The number of hydrogen-bond acceptors (Lipinski definition) is 4. The molecule has 0 aliphatic heterocycles. The Morgan fingerprint density at radius 1 is 1.32 bits per heavy atom. The van der Waals surface area contributed by atoms with Gasteiger partial charge in [-0.3, -0.25) is 4.21 Å². The molecule has 0 amide bonds. The lowest BCUT2D eigenvalue weighted by Gasteiger charge is -2.12. The van der Waals surface area contributed by atoms with Crippen LogP contribution in [0.3, 0.4) is 0 Å². The highest BCUT2D eigenvalue weighted by Crippen LogP contribution is 2.31. The van der Waals surface area contributed by atoms with E-state index in [-0.39, 0.29) is 11.6 Å². The van der Waals surface area contributed by atoms with E-state index in [0.717, 1.165) is 12.1 Å². The van der Waals surface area contributed by atoms with Crippen LogP contribution in [0.5, 0.6) is 0 Å². The molecule has 108 valence electrons. The fraction of sp³-hybridized carbons (Fsp3) is 0.545. The number of anilines is 2. The summed E-state index contributed by atoms with van der Waals surface area (Å²) in [6.45, 7) is 2.11. The molecule has 0 bridgehead atoms. The van der Waals surface area contributed by atoms with Crippen LogP contribution in [0.2, 0.25) is 0 Å². The molecule has 1 rings (SSSR count). The third-order valence-corrected chi connectivity index (χ3v) is 3.67. The van der Waals surface area contributed by atoms with Gasteiger partial charge in [0.1, 0.15) is 11.6 Å². The Balaban J connectivity index is 2.80. The van der Waals surface area contributed by atoms with Gasteiger partial charge in [-0.15, -0.1) is 0 Å². The minimum Gasteiger partial charge on any atom is -0.373 e. The van der Waals surface area contributed by atoms with E-state index in [1.165, 1.54) is 7.05 Å². The normalized spacial score (nSPS) is 13.1. The summed E-state index contributed by atoms with van der Waals surface area (Å²) in [6, 6.07) is 1.88. The molecule has 19 heavy (non-hydrogen) atoms. The summed E-state index contributed by atoms with van der Waals surface area (Å²) >= 11 is 0. The van der Waals surface area contributed by atoms with Crippen molar-refractivity contribution in [1.29, 1.82) is 0 Å². The summed E-state index contributed by atoms with van der Waals surface area (Å²) in [5.41, 5.74) is -0.772. The molecule has 0 saturated heterocycles. The van der Waals surface area contributed by atoms with Crippen LogP contribution in [-0.2, 0) is 17.0 Å². The number of halogens is 3. The molecule has 1 atom stereocenters. The van der Waals surface area contributed by atoms with E-state index in [2.05, 4.69) is 15.6 Å². The second kappa shape index (κ2) is 6.74. The summed E-state index contributed by atoms with van der Waals surface area (Å²) in [7, 11) is 0.540. The Labute approximate surface area is 112 Å². The van der Waals surface area contributed by atoms with Crippen molar-refractivity contribution < 1.29 is 17.4 Å². The van der Waals surface area contributed by atoms with Crippen LogP contribution in [0.1, 0.15) is 12.5 Å². The van der Waals surface area contributed by atoms with Crippen molar-refractivity contribution >= 4 is 22.4 Å². The van der Waals surface area contributed by atoms with E-state index in [1.54, 1.807) is 6.92 Å². The molecule has 1 heterocycles. The van der Waals surface area contributed by atoms with Gasteiger partial charge in [-0.25, -0.2) is 4.98 Å². The molecule has 0 spiro atoms. The molecule has 1 unspecified atom stereocenters. The molecule has 8 heteroatoms. The molecule has 0 aliphatic rings. The Hall–Kier alpha value is -1.31. The predicted molar refractivity (Wildman–Crippen MR) is 70.8 cm³/mol. The van der Waals surface area contributed by atoms with Crippen LogP contribution in [0.15, 0.2) is 12.1 Å². The number of hydrogen-bond donors (Lipinski definition) is 2. The van der Waals surface area contributed by atoms with Crippen LogP contribution < -0.4 is 10.6 Å². The van der Waals surface area contributed by atoms with Crippen LogP contribution in [0.4, 0.5) is 24.8 Å². The summed E-state index contributed by atoms with van der Waals surface area (Å²) in [6.07, 6.45) is -4.42. The average Bonchev–Trinajstić information content (AvgIpc) is 2.37. The minimum absolute atomic E-state index is 0.118. The standard InChI is InChI=1S/C11H16F3N3OS/c1-3-19(18)5-4-16-10-7-8(11(12,13)14)6-9(15-2)17-10/h6-7H,3-5H2,1-2H3,(H2,15,16,17). The molecule has 1 aromatic rings. The first-order valence-electron chi connectivity index (χ1n) is 5.72. The molecule has 1 aromatic heterocycles. The Bertz CT molecular complexity index is 451. The minimum atomic E-state index is -4.42. The van der Waals surface area contributed by atoms with Crippen LogP contribution in [0, 0.1) is 0 Å².